The molecule has 0 aliphatic heterocycles. The van der Waals surface area contributed by atoms with Crippen LogP contribution in [0, 0.1) is 0 Å². The zero-order chi connectivity index (χ0) is 17.1. The molecule has 0 bridgehead atoms. The van der Waals surface area contributed by atoms with Gasteiger partial charge in [-0.25, -0.2) is 14.8 Å². The van der Waals surface area contributed by atoms with Crippen LogP contribution in [0.1, 0.15) is 17.3 Å². The summed E-state index contributed by atoms with van der Waals surface area (Å²) in [5, 5.41) is 0.589. The second-order valence-corrected chi connectivity index (χ2v) is 5.71. The molecule has 0 saturated heterocycles. The van der Waals surface area contributed by atoms with Crippen molar-refractivity contribution < 1.29 is 9.53 Å². The van der Waals surface area contributed by atoms with Crippen LogP contribution in [0.5, 0.6) is 0 Å². The summed E-state index contributed by atoms with van der Waals surface area (Å²) in [7, 11) is 0. The standard InChI is InChI=1S/C17H15N3O3S/c1-3-23-16(22)11-9-12(10-7-5-4-6-8-10)18-14-13(11)15(21)20-17(19-14)24-2/h4-9H,3H2,1-2H3,(H,18,19,20,21). The largest absolute Gasteiger partial charge is 0.462 e. The molecular weight excluding hydrogens is 326 g/mol. The predicted octanol–water partition coefficient (Wildman–Crippen LogP) is 2.88. The minimum Gasteiger partial charge on any atom is -0.462 e. The third-order valence-electron chi connectivity index (χ3n) is 3.41. The van der Waals surface area contributed by atoms with Crippen LogP contribution in [0.3, 0.4) is 0 Å². The first-order chi connectivity index (χ1) is 11.6. The van der Waals surface area contributed by atoms with E-state index < -0.39 is 11.5 Å². The van der Waals surface area contributed by atoms with E-state index in [2.05, 4.69) is 15.0 Å². The summed E-state index contributed by atoms with van der Waals surface area (Å²) in [5.41, 5.74) is 1.39. The molecule has 122 valence electrons. The molecule has 0 atom stereocenters. The van der Waals surface area contributed by atoms with Gasteiger partial charge in [0.1, 0.15) is 0 Å². The van der Waals surface area contributed by atoms with Gasteiger partial charge in [0.15, 0.2) is 10.8 Å². The number of hydrogen-bond acceptors (Lipinski definition) is 6. The highest BCUT2D eigenvalue weighted by molar-refractivity contribution is 7.98. The highest BCUT2D eigenvalue weighted by atomic mass is 32.2. The first kappa shape index (κ1) is 16.2. The first-order valence-corrected chi connectivity index (χ1v) is 8.58. The predicted molar refractivity (Wildman–Crippen MR) is 93.3 cm³/mol. The van der Waals surface area contributed by atoms with E-state index in [1.807, 2.05) is 30.3 Å². The van der Waals surface area contributed by atoms with Crippen molar-refractivity contribution in [2.24, 2.45) is 0 Å². The molecular formula is C17H15N3O3S. The number of carbonyl (C=O) groups excluding carboxylic acids is 1. The lowest BCUT2D eigenvalue weighted by molar-refractivity contribution is 0.0528. The quantitative estimate of drug-likeness (QED) is 0.446. The van der Waals surface area contributed by atoms with Gasteiger partial charge in [-0.05, 0) is 19.2 Å². The molecule has 2 aromatic heterocycles. The average Bonchev–Trinajstić information content (AvgIpc) is 2.61. The fraction of sp³-hybridized carbons (Fsp3) is 0.176. The highest BCUT2D eigenvalue weighted by Gasteiger charge is 2.19. The topological polar surface area (TPSA) is 84.9 Å². The molecule has 0 amide bonds. The summed E-state index contributed by atoms with van der Waals surface area (Å²) in [6.45, 7) is 1.94. The Labute approximate surface area is 142 Å². The number of aromatic amines is 1. The van der Waals surface area contributed by atoms with Crippen molar-refractivity contribution in [3.05, 3.63) is 52.3 Å². The normalized spacial score (nSPS) is 10.8. The zero-order valence-corrected chi connectivity index (χ0v) is 14.0. The summed E-state index contributed by atoms with van der Waals surface area (Å²) in [6.07, 6.45) is 1.80. The van der Waals surface area contributed by atoms with Crippen molar-refractivity contribution in [3.8, 4) is 11.3 Å². The third-order valence-corrected chi connectivity index (χ3v) is 3.99. The molecule has 2 heterocycles. The second-order valence-electron chi connectivity index (χ2n) is 4.92. The Kier molecular flexibility index (Phi) is 4.61. The van der Waals surface area contributed by atoms with E-state index in [-0.39, 0.29) is 23.2 Å². The average molecular weight is 341 g/mol. The summed E-state index contributed by atoms with van der Waals surface area (Å²) in [4.78, 5) is 36.1. The Morgan fingerprint density at radius 1 is 1.25 bits per heavy atom. The van der Waals surface area contributed by atoms with E-state index >= 15 is 0 Å². The van der Waals surface area contributed by atoms with Crippen LogP contribution in [-0.2, 0) is 4.74 Å². The number of ether oxygens (including phenoxy) is 1. The molecule has 0 aliphatic carbocycles. The number of carbonyl (C=O) groups is 1. The molecule has 7 heteroatoms. The van der Waals surface area contributed by atoms with E-state index in [4.69, 9.17) is 4.74 Å². The van der Waals surface area contributed by atoms with Gasteiger partial charge >= 0.3 is 5.97 Å². The van der Waals surface area contributed by atoms with Gasteiger partial charge in [0, 0.05) is 5.56 Å². The van der Waals surface area contributed by atoms with E-state index in [1.165, 1.54) is 11.8 Å². The number of aromatic nitrogens is 3. The molecule has 0 spiro atoms. The van der Waals surface area contributed by atoms with Crippen LogP contribution in [-0.4, -0.2) is 33.8 Å². The van der Waals surface area contributed by atoms with Crippen molar-refractivity contribution in [3.63, 3.8) is 0 Å². The van der Waals surface area contributed by atoms with Gasteiger partial charge in [0.2, 0.25) is 0 Å². The van der Waals surface area contributed by atoms with Crippen molar-refractivity contribution in [2.45, 2.75) is 12.1 Å². The fourth-order valence-electron chi connectivity index (χ4n) is 2.34. The van der Waals surface area contributed by atoms with Crippen LogP contribution in [0.4, 0.5) is 0 Å². The van der Waals surface area contributed by atoms with Crippen molar-refractivity contribution in [1.82, 2.24) is 15.0 Å². The number of fused-ring (bicyclic) bond motifs is 1. The highest BCUT2D eigenvalue weighted by Crippen LogP contribution is 2.23. The molecule has 3 rings (SSSR count). The molecule has 1 aromatic carbocycles. The number of hydrogen-bond donors (Lipinski definition) is 1. The van der Waals surface area contributed by atoms with Gasteiger partial charge < -0.3 is 9.72 Å². The minimum atomic E-state index is -0.564. The van der Waals surface area contributed by atoms with Gasteiger partial charge in [-0.3, -0.25) is 4.79 Å². The maximum Gasteiger partial charge on any atom is 0.339 e. The number of thioether (sulfide) groups is 1. The number of nitrogens with one attached hydrogen (secondary N) is 1. The minimum absolute atomic E-state index is 0.144. The maximum atomic E-state index is 12.4. The fourth-order valence-corrected chi connectivity index (χ4v) is 2.72. The summed E-state index contributed by atoms with van der Waals surface area (Å²) in [6, 6.07) is 11.0. The Morgan fingerprint density at radius 2 is 2.00 bits per heavy atom. The van der Waals surface area contributed by atoms with Crippen LogP contribution in [0.25, 0.3) is 22.3 Å². The lowest BCUT2D eigenvalue weighted by atomic mass is 10.1. The van der Waals surface area contributed by atoms with Gasteiger partial charge in [0.05, 0.1) is 23.3 Å². The molecule has 0 unspecified atom stereocenters. The van der Waals surface area contributed by atoms with Gasteiger partial charge in [-0.15, -0.1) is 0 Å². The summed E-state index contributed by atoms with van der Waals surface area (Å²) in [5.74, 6) is -0.564. The number of benzene rings is 1. The van der Waals surface area contributed by atoms with Crippen LogP contribution in [0.15, 0.2) is 46.3 Å². The second kappa shape index (κ2) is 6.84. The Hall–Kier alpha value is -2.67. The molecule has 0 fully saturated rings. The van der Waals surface area contributed by atoms with Gasteiger partial charge in [-0.1, -0.05) is 42.1 Å². The van der Waals surface area contributed by atoms with Crippen LogP contribution >= 0.6 is 11.8 Å². The SMILES string of the molecule is CCOC(=O)c1cc(-c2ccccc2)nc2nc(SC)[nH]c(=O)c12. The van der Waals surface area contributed by atoms with Gasteiger partial charge in [0.25, 0.3) is 5.56 Å². The number of H-pyrrole nitrogens is 1. The monoisotopic (exact) mass is 341 g/mol. The summed E-state index contributed by atoms with van der Waals surface area (Å²) < 4.78 is 5.09. The van der Waals surface area contributed by atoms with Crippen LogP contribution < -0.4 is 5.56 Å². The number of rotatable bonds is 4. The van der Waals surface area contributed by atoms with E-state index in [0.29, 0.717) is 10.9 Å². The molecule has 0 aliphatic rings. The lowest BCUT2D eigenvalue weighted by Gasteiger charge is -2.09. The molecule has 0 radical (unpaired) electrons. The van der Waals surface area contributed by atoms with Crippen molar-refractivity contribution >= 4 is 28.8 Å². The number of esters is 1. The summed E-state index contributed by atoms with van der Waals surface area (Å²) >= 11 is 1.30. The van der Waals surface area contributed by atoms with E-state index in [1.54, 1.807) is 19.2 Å². The first-order valence-electron chi connectivity index (χ1n) is 7.35. The molecule has 0 saturated carbocycles. The number of nitrogens with zero attached hydrogens (tertiary/aromatic N) is 2. The maximum absolute atomic E-state index is 12.4. The van der Waals surface area contributed by atoms with Gasteiger partial charge in [-0.2, -0.15) is 0 Å². The number of pyridine rings is 1. The third kappa shape index (κ3) is 3.03. The van der Waals surface area contributed by atoms with Crippen molar-refractivity contribution in [1.29, 1.82) is 0 Å². The van der Waals surface area contributed by atoms with Crippen molar-refractivity contribution in [2.75, 3.05) is 12.9 Å². The molecule has 3 aromatic rings. The van der Waals surface area contributed by atoms with Crippen LogP contribution in [0.2, 0.25) is 0 Å². The molecule has 1 N–H and O–H groups in total. The Balaban J connectivity index is 2.33. The lowest BCUT2D eigenvalue weighted by Crippen LogP contribution is -2.16. The zero-order valence-electron chi connectivity index (χ0n) is 13.2. The smallest absolute Gasteiger partial charge is 0.339 e. The Morgan fingerprint density at radius 3 is 2.67 bits per heavy atom. The molecule has 24 heavy (non-hydrogen) atoms. The molecule has 6 nitrogen and oxygen atoms in total. The Bertz CT molecular complexity index is 954. The van der Waals surface area contributed by atoms with E-state index in [0.717, 1.165) is 5.56 Å². The van der Waals surface area contributed by atoms with E-state index in [9.17, 15) is 9.59 Å².